The van der Waals surface area contributed by atoms with Crippen molar-refractivity contribution in [2.24, 2.45) is 5.73 Å². The van der Waals surface area contributed by atoms with Gasteiger partial charge in [0.15, 0.2) is 0 Å². The average Bonchev–Trinajstić information content (AvgIpc) is 3.25. The predicted octanol–water partition coefficient (Wildman–Crippen LogP) is 3.01. The van der Waals surface area contributed by atoms with Gasteiger partial charge < -0.3 is 20.5 Å². The standard InChI is InChI=1S/C18H26N2O3.ClH/c19-11-16-9-10-17(23-16)18(21)20-14-7-5-13(6-8-14)12-22-15-3-1-2-4-15;/h5-8,15-17H,1-4,9-12,19H2,(H,20,21);1H/t16-,17+;/m1./s1. The van der Waals surface area contributed by atoms with Crippen LogP contribution < -0.4 is 11.1 Å². The lowest BCUT2D eigenvalue weighted by Crippen LogP contribution is -2.29. The molecule has 0 unspecified atom stereocenters. The van der Waals surface area contributed by atoms with E-state index < -0.39 is 0 Å². The summed E-state index contributed by atoms with van der Waals surface area (Å²) in [5.74, 6) is -0.0871. The molecule has 0 aromatic heterocycles. The molecular formula is C18H27ClN2O3. The van der Waals surface area contributed by atoms with Crippen molar-refractivity contribution in [1.82, 2.24) is 0 Å². The number of benzene rings is 1. The third-order valence-electron chi connectivity index (χ3n) is 4.67. The molecule has 3 N–H and O–H groups in total. The summed E-state index contributed by atoms with van der Waals surface area (Å²) in [6.45, 7) is 1.11. The van der Waals surface area contributed by atoms with Crippen molar-refractivity contribution in [3.8, 4) is 0 Å². The van der Waals surface area contributed by atoms with Crippen LogP contribution in [-0.2, 0) is 20.9 Å². The van der Waals surface area contributed by atoms with Crippen LogP contribution in [0.15, 0.2) is 24.3 Å². The van der Waals surface area contributed by atoms with Gasteiger partial charge in [0.25, 0.3) is 5.91 Å². The number of anilines is 1. The zero-order valence-electron chi connectivity index (χ0n) is 13.9. The lowest BCUT2D eigenvalue weighted by Gasteiger charge is -2.14. The van der Waals surface area contributed by atoms with E-state index in [9.17, 15) is 4.79 Å². The van der Waals surface area contributed by atoms with Crippen LogP contribution in [-0.4, -0.2) is 30.8 Å². The molecule has 6 heteroatoms. The fraction of sp³-hybridized carbons (Fsp3) is 0.611. The first-order chi connectivity index (χ1) is 11.2. The Labute approximate surface area is 149 Å². The Morgan fingerprint density at radius 3 is 2.50 bits per heavy atom. The molecule has 0 spiro atoms. The SMILES string of the molecule is Cl.NC[C@H]1CC[C@@H](C(=O)Nc2ccc(COC3CCCC3)cc2)O1. The molecule has 1 heterocycles. The highest BCUT2D eigenvalue weighted by atomic mass is 35.5. The molecule has 2 fully saturated rings. The van der Waals surface area contributed by atoms with Gasteiger partial charge in [-0.2, -0.15) is 0 Å². The van der Waals surface area contributed by atoms with E-state index in [1.807, 2.05) is 24.3 Å². The molecule has 1 aromatic carbocycles. The minimum absolute atomic E-state index is 0. The molecule has 0 radical (unpaired) electrons. The van der Waals surface area contributed by atoms with E-state index in [4.69, 9.17) is 15.2 Å². The predicted molar refractivity (Wildman–Crippen MR) is 96.3 cm³/mol. The molecule has 3 rings (SSSR count). The van der Waals surface area contributed by atoms with Crippen molar-refractivity contribution >= 4 is 24.0 Å². The molecule has 1 aromatic rings. The topological polar surface area (TPSA) is 73.6 Å². The zero-order valence-corrected chi connectivity index (χ0v) is 14.7. The van der Waals surface area contributed by atoms with E-state index >= 15 is 0 Å². The fourth-order valence-electron chi connectivity index (χ4n) is 3.25. The quantitative estimate of drug-likeness (QED) is 0.823. The molecule has 1 saturated heterocycles. The zero-order chi connectivity index (χ0) is 16.1. The van der Waals surface area contributed by atoms with Gasteiger partial charge in [-0.3, -0.25) is 4.79 Å². The molecule has 5 nitrogen and oxygen atoms in total. The van der Waals surface area contributed by atoms with Gasteiger partial charge >= 0.3 is 0 Å². The molecular weight excluding hydrogens is 328 g/mol. The Balaban J connectivity index is 0.00000208. The van der Waals surface area contributed by atoms with Gasteiger partial charge in [-0.15, -0.1) is 12.4 Å². The van der Waals surface area contributed by atoms with Gasteiger partial charge in [0.05, 0.1) is 18.8 Å². The van der Waals surface area contributed by atoms with Gasteiger partial charge in [-0.05, 0) is 43.4 Å². The first kappa shape index (κ1) is 19.2. The Morgan fingerprint density at radius 2 is 1.88 bits per heavy atom. The smallest absolute Gasteiger partial charge is 0.253 e. The van der Waals surface area contributed by atoms with Crippen LogP contribution in [0.4, 0.5) is 5.69 Å². The van der Waals surface area contributed by atoms with E-state index in [0.717, 1.165) is 24.1 Å². The van der Waals surface area contributed by atoms with Crippen molar-refractivity contribution < 1.29 is 14.3 Å². The van der Waals surface area contributed by atoms with E-state index in [-0.39, 0.29) is 30.5 Å². The van der Waals surface area contributed by atoms with E-state index in [1.165, 1.54) is 25.7 Å². The molecule has 134 valence electrons. The minimum Gasteiger partial charge on any atom is -0.374 e. The summed E-state index contributed by atoms with van der Waals surface area (Å²) in [7, 11) is 0. The number of carbonyl (C=O) groups is 1. The summed E-state index contributed by atoms with van der Waals surface area (Å²) < 4.78 is 11.5. The van der Waals surface area contributed by atoms with Crippen LogP contribution in [0, 0.1) is 0 Å². The Kier molecular flexibility index (Phi) is 7.49. The van der Waals surface area contributed by atoms with Crippen molar-refractivity contribution in [1.29, 1.82) is 0 Å². The van der Waals surface area contributed by atoms with Gasteiger partial charge in [-0.1, -0.05) is 25.0 Å². The van der Waals surface area contributed by atoms with Crippen LogP contribution >= 0.6 is 12.4 Å². The van der Waals surface area contributed by atoms with Crippen LogP contribution in [0.1, 0.15) is 44.1 Å². The molecule has 2 aliphatic rings. The first-order valence-electron chi connectivity index (χ1n) is 8.61. The number of ether oxygens (including phenoxy) is 2. The Morgan fingerprint density at radius 1 is 1.17 bits per heavy atom. The van der Waals surface area contributed by atoms with Crippen LogP contribution in [0.5, 0.6) is 0 Å². The maximum Gasteiger partial charge on any atom is 0.253 e. The van der Waals surface area contributed by atoms with Gasteiger partial charge in [0.1, 0.15) is 6.10 Å². The largest absolute Gasteiger partial charge is 0.374 e. The molecule has 1 saturated carbocycles. The van der Waals surface area contributed by atoms with E-state index in [2.05, 4.69) is 5.32 Å². The molecule has 1 amide bonds. The number of amides is 1. The van der Waals surface area contributed by atoms with E-state index in [0.29, 0.717) is 19.3 Å². The van der Waals surface area contributed by atoms with Gasteiger partial charge in [0, 0.05) is 12.2 Å². The molecule has 1 aliphatic heterocycles. The molecule has 2 atom stereocenters. The highest BCUT2D eigenvalue weighted by Gasteiger charge is 2.29. The monoisotopic (exact) mass is 354 g/mol. The second-order valence-corrected chi connectivity index (χ2v) is 6.46. The van der Waals surface area contributed by atoms with Crippen molar-refractivity contribution in [2.45, 2.75) is 63.4 Å². The highest BCUT2D eigenvalue weighted by molar-refractivity contribution is 5.94. The Bertz CT molecular complexity index is 518. The second-order valence-electron chi connectivity index (χ2n) is 6.46. The van der Waals surface area contributed by atoms with Crippen LogP contribution in [0.2, 0.25) is 0 Å². The molecule has 0 bridgehead atoms. The molecule has 24 heavy (non-hydrogen) atoms. The summed E-state index contributed by atoms with van der Waals surface area (Å²) in [4.78, 5) is 12.2. The first-order valence-corrected chi connectivity index (χ1v) is 8.61. The van der Waals surface area contributed by atoms with E-state index in [1.54, 1.807) is 0 Å². The molecule has 1 aliphatic carbocycles. The lowest BCUT2D eigenvalue weighted by atomic mass is 10.1. The summed E-state index contributed by atoms with van der Waals surface area (Å²) in [6.07, 6.45) is 6.57. The van der Waals surface area contributed by atoms with Crippen LogP contribution in [0.3, 0.4) is 0 Å². The third kappa shape index (κ3) is 5.18. The maximum atomic E-state index is 12.2. The lowest BCUT2D eigenvalue weighted by molar-refractivity contribution is -0.126. The summed E-state index contributed by atoms with van der Waals surface area (Å²) in [5, 5.41) is 2.91. The summed E-state index contributed by atoms with van der Waals surface area (Å²) >= 11 is 0. The summed E-state index contributed by atoms with van der Waals surface area (Å²) in [6, 6.07) is 7.84. The average molecular weight is 355 g/mol. The highest BCUT2D eigenvalue weighted by Crippen LogP contribution is 2.23. The maximum absolute atomic E-state index is 12.2. The van der Waals surface area contributed by atoms with Gasteiger partial charge in [0.2, 0.25) is 0 Å². The van der Waals surface area contributed by atoms with Crippen LogP contribution in [0.25, 0.3) is 0 Å². The van der Waals surface area contributed by atoms with Crippen molar-refractivity contribution in [2.75, 3.05) is 11.9 Å². The van der Waals surface area contributed by atoms with Crippen molar-refractivity contribution in [3.63, 3.8) is 0 Å². The number of carbonyl (C=O) groups excluding carboxylic acids is 1. The number of hydrogen-bond acceptors (Lipinski definition) is 4. The number of halogens is 1. The second kappa shape index (κ2) is 9.37. The Hall–Kier alpha value is -1.14. The number of hydrogen-bond donors (Lipinski definition) is 2. The number of nitrogens with two attached hydrogens (primary N) is 1. The fourth-order valence-corrected chi connectivity index (χ4v) is 3.25. The normalized spacial score (nSPS) is 23.9. The summed E-state index contributed by atoms with van der Waals surface area (Å²) in [5.41, 5.74) is 7.50. The van der Waals surface area contributed by atoms with Gasteiger partial charge in [-0.25, -0.2) is 0 Å². The third-order valence-corrected chi connectivity index (χ3v) is 4.67. The number of rotatable bonds is 6. The number of nitrogens with one attached hydrogen (secondary N) is 1. The minimum atomic E-state index is -0.381. The van der Waals surface area contributed by atoms with Crippen molar-refractivity contribution in [3.05, 3.63) is 29.8 Å².